The minimum Gasteiger partial charge on any atom is -0.351 e. The van der Waals surface area contributed by atoms with Gasteiger partial charge in [-0.25, -0.2) is 14.6 Å². The number of alkyl halides is 6. The van der Waals surface area contributed by atoms with E-state index < -0.39 is 24.5 Å². The molecule has 0 aliphatic carbocycles. The molecule has 0 atom stereocenters. The van der Waals surface area contributed by atoms with E-state index in [0.717, 1.165) is 23.3 Å². The SMILES string of the molecule is FC(F)(F)Cn1ncc2c(N3CCc4ccccc4C3)nc(-c3cccc(C(F)(F)F)c3)nc21. The molecule has 5 rings (SSSR count). The third-order valence-corrected chi connectivity index (χ3v) is 5.68. The van der Waals surface area contributed by atoms with Gasteiger partial charge in [-0.15, -0.1) is 0 Å². The second-order valence-corrected chi connectivity index (χ2v) is 8.04. The number of fused-ring (bicyclic) bond motifs is 2. The van der Waals surface area contributed by atoms with E-state index >= 15 is 0 Å². The van der Waals surface area contributed by atoms with Gasteiger partial charge in [0, 0.05) is 18.7 Å². The summed E-state index contributed by atoms with van der Waals surface area (Å²) in [4.78, 5) is 10.6. The third-order valence-electron chi connectivity index (χ3n) is 5.68. The Hall–Kier alpha value is -3.63. The quantitative estimate of drug-likeness (QED) is 0.359. The zero-order valence-corrected chi connectivity index (χ0v) is 17.5. The molecular formula is C23H17F6N5. The summed E-state index contributed by atoms with van der Waals surface area (Å²) in [7, 11) is 0. The molecule has 2 aromatic carbocycles. The van der Waals surface area contributed by atoms with Crippen LogP contribution in [0, 0.1) is 0 Å². The zero-order valence-electron chi connectivity index (χ0n) is 17.5. The highest BCUT2D eigenvalue weighted by atomic mass is 19.4. The molecule has 0 saturated heterocycles. The Balaban J connectivity index is 1.66. The number of hydrogen-bond acceptors (Lipinski definition) is 4. The summed E-state index contributed by atoms with van der Waals surface area (Å²) < 4.78 is 79.9. The predicted molar refractivity (Wildman–Crippen MR) is 113 cm³/mol. The third kappa shape index (κ3) is 4.29. The number of halogens is 6. The lowest BCUT2D eigenvalue weighted by Crippen LogP contribution is -2.31. The second-order valence-electron chi connectivity index (χ2n) is 8.04. The van der Waals surface area contributed by atoms with E-state index in [1.54, 1.807) is 0 Å². The average Bonchev–Trinajstić information content (AvgIpc) is 3.19. The normalized spacial score (nSPS) is 14.5. The van der Waals surface area contributed by atoms with Gasteiger partial charge in [0.1, 0.15) is 12.4 Å². The number of nitrogens with zero attached hydrogens (tertiary/aromatic N) is 5. The van der Waals surface area contributed by atoms with E-state index in [4.69, 9.17) is 0 Å². The van der Waals surface area contributed by atoms with Crippen LogP contribution in [-0.2, 0) is 25.7 Å². The molecule has 0 bridgehead atoms. The molecule has 5 nitrogen and oxygen atoms in total. The van der Waals surface area contributed by atoms with Crippen molar-refractivity contribution in [3.63, 3.8) is 0 Å². The first-order valence-electron chi connectivity index (χ1n) is 10.4. The molecule has 0 amide bonds. The monoisotopic (exact) mass is 477 g/mol. The van der Waals surface area contributed by atoms with Crippen LogP contribution in [0.15, 0.2) is 54.7 Å². The van der Waals surface area contributed by atoms with Crippen LogP contribution < -0.4 is 4.90 Å². The maximum absolute atomic E-state index is 13.3. The van der Waals surface area contributed by atoms with E-state index in [9.17, 15) is 26.3 Å². The van der Waals surface area contributed by atoms with Crippen LogP contribution in [0.3, 0.4) is 0 Å². The lowest BCUT2D eigenvalue weighted by atomic mass is 10.00. The van der Waals surface area contributed by atoms with Gasteiger partial charge in [0.2, 0.25) is 0 Å². The lowest BCUT2D eigenvalue weighted by Gasteiger charge is -2.30. The molecule has 1 aliphatic heterocycles. The molecule has 2 aromatic heterocycles. The van der Waals surface area contributed by atoms with Gasteiger partial charge in [-0.3, -0.25) is 0 Å². The number of hydrogen-bond donors (Lipinski definition) is 0. The van der Waals surface area contributed by atoms with Gasteiger partial charge in [0.15, 0.2) is 11.5 Å². The molecule has 0 radical (unpaired) electrons. The van der Waals surface area contributed by atoms with Crippen LogP contribution in [0.5, 0.6) is 0 Å². The smallest absolute Gasteiger partial charge is 0.351 e. The van der Waals surface area contributed by atoms with Crippen molar-refractivity contribution < 1.29 is 26.3 Å². The Morgan fingerprint density at radius 3 is 2.38 bits per heavy atom. The molecule has 11 heteroatoms. The van der Waals surface area contributed by atoms with Crippen molar-refractivity contribution in [2.24, 2.45) is 0 Å². The molecule has 0 unspecified atom stereocenters. The van der Waals surface area contributed by atoms with E-state index in [1.807, 2.05) is 29.2 Å². The molecule has 176 valence electrons. The summed E-state index contributed by atoms with van der Waals surface area (Å²) in [6, 6.07) is 12.2. The van der Waals surface area contributed by atoms with Crippen molar-refractivity contribution in [2.45, 2.75) is 31.9 Å². The summed E-state index contributed by atoms with van der Waals surface area (Å²) >= 11 is 0. The molecule has 3 heterocycles. The summed E-state index contributed by atoms with van der Waals surface area (Å²) in [6.07, 6.45) is -7.17. The van der Waals surface area contributed by atoms with Gasteiger partial charge in [-0.05, 0) is 29.7 Å². The summed E-state index contributed by atoms with van der Waals surface area (Å²) in [5.74, 6) is 0.233. The molecule has 4 aromatic rings. The Labute approximate surface area is 189 Å². The summed E-state index contributed by atoms with van der Waals surface area (Å²) in [5, 5.41) is 4.16. The Morgan fingerprint density at radius 2 is 1.65 bits per heavy atom. The van der Waals surface area contributed by atoms with Gasteiger partial charge in [-0.1, -0.05) is 36.4 Å². The van der Waals surface area contributed by atoms with Crippen LogP contribution in [-0.4, -0.2) is 32.5 Å². The lowest BCUT2D eigenvalue weighted by molar-refractivity contribution is -0.142. The standard InChI is InChI=1S/C23H17F6N5/c24-22(25,26)13-34-21-18(11-30-34)20(33-9-8-14-4-1-2-5-16(14)12-33)31-19(32-21)15-6-3-7-17(10-15)23(27,28)29/h1-7,10-11H,8-9,12-13H2. The van der Waals surface area contributed by atoms with Gasteiger partial charge >= 0.3 is 12.4 Å². The number of anilines is 1. The molecule has 34 heavy (non-hydrogen) atoms. The van der Waals surface area contributed by atoms with Crippen molar-refractivity contribution in [1.29, 1.82) is 0 Å². The maximum Gasteiger partial charge on any atom is 0.416 e. The molecular weight excluding hydrogens is 460 g/mol. The van der Waals surface area contributed by atoms with E-state index in [1.165, 1.54) is 18.3 Å². The highest BCUT2D eigenvalue weighted by molar-refractivity contribution is 5.89. The number of aromatic nitrogens is 4. The van der Waals surface area contributed by atoms with Crippen LogP contribution in [0.2, 0.25) is 0 Å². The molecule has 1 aliphatic rings. The minimum atomic E-state index is -4.59. The summed E-state index contributed by atoms with van der Waals surface area (Å²) in [6.45, 7) is -0.387. The van der Waals surface area contributed by atoms with Gasteiger partial charge < -0.3 is 4.90 Å². The first-order chi connectivity index (χ1) is 16.1. The molecule has 0 spiro atoms. The topological polar surface area (TPSA) is 46.8 Å². The van der Waals surface area contributed by atoms with Crippen LogP contribution in [0.25, 0.3) is 22.4 Å². The number of rotatable bonds is 3. The van der Waals surface area contributed by atoms with Crippen LogP contribution in [0.1, 0.15) is 16.7 Å². The van der Waals surface area contributed by atoms with Gasteiger partial charge in [0.05, 0.1) is 17.1 Å². The van der Waals surface area contributed by atoms with Crippen molar-refractivity contribution in [1.82, 2.24) is 19.7 Å². The fourth-order valence-electron chi connectivity index (χ4n) is 4.11. The van der Waals surface area contributed by atoms with Crippen molar-refractivity contribution >= 4 is 16.9 Å². The Kier molecular flexibility index (Phi) is 5.22. The van der Waals surface area contributed by atoms with Gasteiger partial charge in [-0.2, -0.15) is 31.4 Å². The van der Waals surface area contributed by atoms with Crippen LogP contribution in [0.4, 0.5) is 32.2 Å². The fraction of sp³-hybridized carbons (Fsp3) is 0.261. The molecule has 0 saturated carbocycles. The van der Waals surface area contributed by atoms with E-state index in [-0.39, 0.29) is 17.0 Å². The van der Waals surface area contributed by atoms with Crippen molar-refractivity contribution in [2.75, 3.05) is 11.4 Å². The predicted octanol–water partition coefficient (Wildman–Crippen LogP) is 5.64. The average molecular weight is 477 g/mol. The molecule has 0 N–H and O–H groups in total. The number of benzene rings is 2. The Morgan fingerprint density at radius 1 is 0.882 bits per heavy atom. The highest BCUT2D eigenvalue weighted by Crippen LogP contribution is 2.34. The van der Waals surface area contributed by atoms with E-state index in [2.05, 4.69) is 15.1 Å². The van der Waals surface area contributed by atoms with E-state index in [0.29, 0.717) is 35.4 Å². The first-order valence-corrected chi connectivity index (χ1v) is 10.4. The summed E-state index contributed by atoms with van der Waals surface area (Å²) in [5.41, 5.74) is 1.27. The second kappa shape index (κ2) is 8.00. The first kappa shape index (κ1) is 22.2. The van der Waals surface area contributed by atoms with Crippen molar-refractivity contribution in [3.8, 4) is 11.4 Å². The highest BCUT2D eigenvalue weighted by Gasteiger charge is 2.32. The zero-order chi connectivity index (χ0) is 24.1. The Bertz CT molecular complexity index is 1360. The maximum atomic E-state index is 13.3. The van der Waals surface area contributed by atoms with Crippen molar-refractivity contribution in [3.05, 3.63) is 71.4 Å². The largest absolute Gasteiger partial charge is 0.416 e. The fourth-order valence-corrected chi connectivity index (χ4v) is 4.11. The minimum absolute atomic E-state index is 0.0511. The molecule has 0 fully saturated rings. The van der Waals surface area contributed by atoms with Crippen LogP contribution >= 0.6 is 0 Å². The van der Waals surface area contributed by atoms with Gasteiger partial charge in [0.25, 0.3) is 0 Å².